The third-order valence-corrected chi connectivity index (χ3v) is 5.34. The maximum Gasteiger partial charge on any atom is 0.331 e. The fourth-order valence-electron chi connectivity index (χ4n) is 3.39. The molecule has 0 aliphatic carbocycles. The number of nitrogens with zero attached hydrogens (tertiary/aromatic N) is 1. The van der Waals surface area contributed by atoms with Crippen LogP contribution in [0.3, 0.4) is 0 Å². The van der Waals surface area contributed by atoms with E-state index < -0.39 is 42.2 Å². The molecule has 1 N–H and O–H groups in total. The average Bonchev–Trinajstić information content (AvgIpc) is 2.78. The van der Waals surface area contributed by atoms with E-state index in [2.05, 4.69) is 15.9 Å². The van der Waals surface area contributed by atoms with Crippen LogP contribution < -0.4 is 4.74 Å². The van der Waals surface area contributed by atoms with Crippen molar-refractivity contribution >= 4 is 27.8 Å². The number of hydrogen-bond acceptors (Lipinski definition) is 3. The summed E-state index contributed by atoms with van der Waals surface area (Å²) in [5.74, 6) is -3.33. The van der Waals surface area contributed by atoms with Crippen molar-refractivity contribution in [3.8, 4) is 5.75 Å². The summed E-state index contributed by atoms with van der Waals surface area (Å²) < 4.78 is 35.0. The molecule has 1 heterocycles. The summed E-state index contributed by atoms with van der Waals surface area (Å²) >= 11 is 3.30. The van der Waals surface area contributed by atoms with Crippen molar-refractivity contribution in [2.75, 3.05) is 0 Å². The summed E-state index contributed by atoms with van der Waals surface area (Å²) in [5, 5.41) is 9.92. The molecule has 2 atom stereocenters. The molecule has 0 spiro atoms. The van der Waals surface area contributed by atoms with E-state index in [0.717, 1.165) is 23.5 Å². The number of hydrogen-bond donors (Lipinski definition) is 1. The Labute approximate surface area is 175 Å². The normalized spacial score (nSPS) is 18.8. The van der Waals surface area contributed by atoms with Crippen molar-refractivity contribution in [3.05, 3.63) is 63.6 Å². The highest BCUT2D eigenvalue weighted by Crippen LogP contribution is 2.38. The molecule has 2 aromatic rings. The molecule has 0 saturated heterocycles. The molecule has 154 valence electrons. The maximum absolute atomic E-state index is 14.3. The molecule has 0 bridgehead atoms. The van der Waals surface area contributed by atoms with Gasteiger partial charge in [-0.1, -0.05) is 35.3 Å². The van der Waals surface area contributed by atoms with Gasteiger partial charge in [0, 0.05) is 15.6 Å². The number of unbranched alkanes of at least 4 members (excludes halogenated alkanes) is 1. The summed E-state index contributed by atoms with van der Waals surface area (Å²) in [5.41, 5.74) is -0.115. The van der Waals surface area contributed by atoms with Crippen LogP contribution in [0.1, 0.15) is 43.4 Å². The molecule has 0 aromatic heterocycles. The van der Waals surface area contributed by atoms with Crippen LogP contribution in [0, 0.1) is 11.6 Å². The zero-order valence-corrected chi connectivity index (χ0v) is 17.3. The number of aliphatic carboxylic acids is 1. The Bertz CT molecular complexity index is 917. The number of halogens is 3. The molecule has 0 radical (unpaired) electrons. The molecule has 1 aliphatic heterocycles. The van der Waals surface area contributed by atoms with Crippen LogP contribution in [-0.4, -0.2) is 28.0 Å². The molecule has 3 rings (SSSR count). The third-order valence-electron chi connectivity index (χ3n) is 4.85. The Morgan fingerprint density at radius 2 is 1.93 bits per heavy atom. The second-order valence-corrected chi connectivity index (χ2v) is 7.75. The summed E-state index contributed by atoms with van der Waals surface area (Å²) in [7, 11) is 0. The molecule has 0 fully saturated rings. The fourth-order valence-corrected chi connectivity index (χ4v) is 3.76. The largest absolute Gasteiger partial charge is 0.480 e. The van der Waals surface area contributed by atoms with Crippen molar-refractivity contribution < 1.29 is 28.2 Å². The molecule has 1 amide bonds. The SMILES string of the molecule is CCCCC1Oc2ccc(Br)cc2C(C(=O)O)N(Cc2c(F)cccc2F)C1=O. The zero-order chi connectivity index (χ0) is 21.1. The first-order valence-electron chi connectivity index (χ1n) is 9.25. The van der Waals surface area contributed by atoms with Crippen molar-refractivity contribution in [2.45, 2.75) is 44.9 Å². The Balaban J connectivity index is 2.13. The van der Waals surface area contributed by atoms with E-state index in [9.17, 15) is 23.5 Å². The lowest BCUT2D eigenvalue weighted by atomic mass is 10.0. The van der Waals surface area contributed by atoms with Gasteiger partial charge in [0.25, 0.3) is 5.91 Å². The van der Waals surface area contributed by atoms with Crippen molar-refractivity contribution in [1.29, 1.82) is 0 Å². The van der Waals surface area contributed by atoms with Gasteiger partial charge in [-0.15, -0.1) is 0 Å². The van der Waals surface area contributed by atoms with Gasteiger partial charge in [-0.05, 0) is 43.2 Å². The number of carboxylic acid groups (broad SMARTS) is 1. The van der Waals surface area contributed by atoms with Crippen LogP contribution >= 0.6 is 15.9 Å². The fraction of sp³-hybridized carbons (Fsp3) is 0.333. The van der Waals surface area contributed by atoms with Gasteiger partial charge in [0.05, 0.1) is 6.54 Å². The lowest BCUT2D eigenvalue weighted by molar-refractivity contribution is -0.153. The summed E-state index contributed by atoms with van der Waals surface area (Å²) in [4.78, 5) is 26.4. The summed E-state index contributed by atoms with van der Waals surface area (Å²) in [6.45, 7) is 1.44. The molecular formula is C21H20BrF2NO4. The van der Waals surface area contributed by atoms with Gasteiger partial charge in [0.15, 0.2) is 12.1 Å². The highest BCUT2D eigenvalue weighted by molar-refractivity contribution is 9.10. The number of rotatable bonds is 6. The summed E-state index contributed by atoms with van der Waals surface area (Å²) in [6, 6.07) is 6.75. The summed E-state index contributed by atoms with van der Waals surface area (Å²) in [6.07, 6.45) is 0.925. The molecule has 2 unspecified atom stereocenters. The van der Waals surface area contributed by atoms with Crippen molar-refractivity contribution in [2.24, 2.45) is 0 Å². The van der Waals surface area contributed by atoms with Crippen LogP contribution in [0.5, 0.6) is 5.75 Å². The topological polar surface area (TPSA) is 66.8 Å². The van der Waals surface area contributed by atoms with Crippen molar-refractivity contribution in [3.63, 3.8) is 0 Å². The Kier molecular flexibility index (Phi) is 6.52. The standard InChI is InChI=1S/C21H20BrF2NO4/c1-2-3-7-18-20(26)25(11-14-15(23)5-4-6-16(14)24)19(21(27)28)13-10-12(22)8-9-17(13)29-18/h4-6,8-10,18-19H,2-3,7,11H2,1H3,(H,27,28). The minimum absolute atomic E-state index is 0.246. The van der Waals surface area contributed by atoms with Gasteiger partial charge in [-0.2, -0.15) is 0 Å². The average molecular weight is 468 g/mol. The van der Waals surface area contributed by atoms with E-state index in [4.69, 9.17) is 4.74 Å². The first kappa shape index (κ1) is 21.2. The highest BCUT2D eigenvalue weighted by Gasteiger charge is 2.41. The number of carboxylic acids is 1. The lowest BCUT2D eigenvalue weighted by Crippen LogP contribution is -2.44. The molecular weight excluding hydrogens is 448 g/mol. The Hall–Kier alpha value is -2.48. The maximum atomic E-state index is 14.3. The van der Waals surface area contributed by atoms with Crippen LogP contribution in [-0.2, 0) is 16.1 Å². The minimum Gasteiger partial charge on any atom is -0.480 e. The zero-order valence-electron chi connectivity index (χ0n) is 15.7. The molecule has 29 heavy (non-hydrogen) atoms. The quantitative estimate of drug-likeness (QED) is 0.660. The number of amides is 1. The van der Waals surface area contributed by atoms with E-state index in [1.807, 2.05) is 6.92 Å². The third kappa shape index (κ3) is 4.42. The molecule has 5 nitrogen and oxygen atoms in total. The molecule has 8 heteroatoms. The minimum atomic E-state index is -1.44. The van der Waals surface area contributed by atoms with Crippen molar-refractivity contribution in [1.82, 2.24) is 4.90 Å². The second-order valence-electron chi connectivity index (χ2n) is 6.84. The lowest BCUT2D eigenvalue weighted by Gasteiger charge is -2.29. The first-order valence-corrected chi connectivity index (χ1v) is 10.0. The predicted octanol–water partition coefficient (Wildman–Crippen LogP) is 4.83. The van der Waals surface area contributed by atoms with E-state index in [-0.39, 0.29) is 16.9 Å². The van der Waals surface area contributed by atoms with Gasteiger partial charge >= 0.3 is 5.97 Å². The van der Waals surface area contributed by atoms with Gasteiger partial charge in [0.2, 0.25) is 0 Å². The van der Waals surface area contributed by atoms with Gasteiger partial charge in [-0.3, -0.25) is 4.79 Å². The van der Waals surface area contributed by atoms with Gasteiger partial charge in [0.1, 0.15) is 17.4 Å². The van der Waals surface area contributed by atoms with Gasteiger partial charge < -0.3 is 14.7 Å². The van der Waals surface area contributed by atoms with E-state index in [1.54, 1.807) is 18.2 Å². The Morgan fingerprint density at radius 3 is 2.55 bits per heavy atom. The number of carbonyl (C=O) groups is 2. The number of benzene rings is 2. The smallest absolute Gasteiger partial charge is 0.331 e. The van der Waals surface area contributed by atoms with Crippen LogP contribution in [0.2, 0.25) is 0 Å². The number of carbonyl (C=O) groups excluding carboxylic acids is 1. The molecule has 2 aromatic carbocycles. The number of fused-ring (bicyclic) bond motifs is 1. The number of ether oxygens (including phenoxy) is 1. The van der Waals surface area contributed by atoms with Crippen LogP contribution in [0.4, 0.5) is 8.78 Å². The monoisotopic (exact) mass is 467 g/mol. The Morgan fingerprint density at radius 1 is 1.24 bits per heavy atom. The van der Waals surface area contributed by atoms with Gasteiger partial charge in [-0.25, -0.2) is 13.6 Å². The second kappa shape index (κ2) is 8.90. The molecule has 0 saturated carbocycles. The van der Waals surface area contributed by atoms with Crippen LogP contribution in [0.25, 0.3) is 0 Å². The van der Waals surface area contributed by atoms with E-state index in [1.165, 1.54) is 6.07 Å². The predicted molar refractivity (Wildman–Crippen MR) is 105 cm³/mol. The van der Waals surface area contributed by atoms with E-state index in [0.29, 0.717) is 17.3 Å². The van der Waals surface area contributed by atoms with Crippen LogP contribution in [0.15, 0.2) is 40.9 Å². The highest BCUT2D eigenvalue weighted by atomic mass is 79.9. The van der Waals surface area contributed by atoms with E-state index >= 15 is 0 Å². The molecule has 1 aliphatic rings. The first-order chi connectivity index (χ1) is 13.8.